The van der Waals surface area contributed by atoms with Crippen LogP contribution in [0.2, 0.25) is 0 Å². The molecule has 2 rings (SSSR count). The number of ether oxygens (including phenoxy) is 1. The summed E-state index contributed by atoms with van der Waals surface area (Å²) in [5, 5.41) is 10.4. The predicted octanol–water partition coefficient (Wildman–Crippen LogP) is 3.65. The molecular weight excluding hydrogens is 307 g/mol. The van der Waals surface area contributed by atoms with Crippen LogP contribution in [0.1, 0.15) is 18.1 Å². The van der Waals surface area contributed by atoms with E-state index in [2.05, 4.69) is 0 Å². The monoisotopic (exact) mass is 318 g/mol. The Morgan fingerprint density at radius 2 is 1.41 bits per heavy atom. The Labute approximate surface area is 122 Å². The van der Waals surface area contributed by atoms with E-state index in [1.54, 1.807) is 0 Å². The van der Waals surface area contributed by atoms with Crippen LogP contribution in [0, 0.1) is 29.1 Å². The van der Waals surface area contributed by atoms with Gasteiger partial charge in [-0.05, 0) is 24.6 Å². The molecule has 0 aromatic heterocycles. The SMILES string of the molecule is COc1cccc(C(C)(O)c2c(F)c(F)c(F)c(F)c2F)c1. The lowest BCUT2D eigenvalue weighted by Crippen LogP contribution is -2.28. The van der Waals surface area contributed by atoms with Crippen molar-refractivity contribution < 1.29 is 31.8 Å². The Kier molecular flexibility index (Phi) is 4.10. The molecule has 1 N–H and O–H groups in total. The third-order valence-electron chi connectivity index (χ3n) is 3.33. The highest BCUT2D eigenvalue weighted by atomic mass is 19.2. The zero-order valence-electron chi connectivity index (χ0n) is 11.6. The van der Waals surface area contributed by atoms with Crippen LogP contribution in [0.25, 0.3) is 0 Å². The van der Waals surface area contributed by atoms with E-state index < -0.39 is 40.3 Å². The first-order valence-corrected chi connectivity index (χ1v) is 6.10. The van der Waals surface area contributed by atoms with Crippen molar-refractivity contribution in [2.45, 2.75) is 12.5 Å². The van der Waals surface area contributed by atoms with E-state index >= 15 is 0 Å². The van der Waals surface area contributed by atoms with Crippen LogP contribution in [0.4, 0.5) is 22.0 Å². The molecule has 0 saturated carbocycles. The second-order valence-electron chi connectivity index (χ2n) is 4.75. The van der Waals surface area contributed by atoms with Crippen molar-refractivity contribution in [2.75, 3.05) is 7.11 Å². The molecule has 0 saturated heterocycles. The van der Waals surface area contributed by atoms with Gasteiger partial charge in [-0.3, -0.25) is 0 Å². The lowest BCUT2D eigenvalue weighted by molar-refractivity contribution is 0.0901. The van der Waals surface area contributed by atoms with Gasteiger partial charge in [0, 0.05) is 0 Å². The number of methoxy groups -OCH3 is 1. The van der Waals surface area contributed by atoms with E-state index in [4.69, 9.17) is 4.74 Å². The van der Waals surface area contributed by atoms with E-state index in [9.17, 15) is 27.1 Å². The minimum atomic E-state index is -2.45. The van der Waals surface area contributed by atoms with Gasteiger partial charge in [0.2, 0.25) is 5.82 Å². The first-order chi connectivity index (χ1) is 10.2. The van der Waals surface area contributed by atoms with Crippen molar-refractivity contribution in [3.8, 4) is 5.75 Å². The molecular formula is C15H11F5O2. The summed E-state index contributed by atoms with van der Waals surface area (Å²) in [6, 6.07) is 5.42. The zero-order valence-corrected chi connectivity index (χ0v) is 11.6. The van der Waals surface area contributed by atoms with Crippen LogP contribution in [0.3, 0.4) is 0 Å². The van der Waals surface area contributed by atoms with Gasteiger partial charge in [0.05, 0.1) is 12.7 Å². The number of benzene rings is 2. The molecule has 0 spiro atoms. The molecule has 0 aliphatic heterocycles. The summed E-state index contributed by atoms with van der Waals surface area (Å²) in [6.45, 7) is 0.931. The van der Waals surface area contributed by atoms with E-state index in [-0.39, 0.29) is 11.3 Å². The summed E-state index contributed by atoms with van der Waals surface area (Å²) in [6.07, 6.45) is 0. The van der Waals surface area contributed by atoms with Crippen molar-refractivity contribution in [1.29, 1.82) is 0 Å². The molecule has 0 heterocycles. The number of halogens is 5. The Hall–Kier alpha value is -2.15. The molecule has 0 aliphatic rings. The Bertz CT molecular complexity index is 699. The van der Waals surface area contributed by atoms with Crippen molar-refractivity contribution >= 4 is 0 Å². The highest BCUT2D eigenvalue weighted by Gasteiger charge is 2.38. The van der Waals surface area contributed by atoms with Crippen LogP contribution in [-0.2, 0) is 5.60 Å². The molecule has 0 aliphatic carbocycles. The smallest absolute Gasteiger partial charge is 0.200 e. The minimum Gasteiger partial charge on any atom is -0.497 e. The van der Waals surface area contributed by atoms with Gasteiger partial charge < -0.3 is 9.84 Å². The fourth-order valence-corrected chi connectivity index (χ4v) is 2.10. The van der Waals surface area contributed by atoms with Crippen LogP contribution in [0.5, 0.6) is 5.75 Å². The first-order valence-electron chi connectivity index (χ1n) is 6.10. The van der Waals surface area contributed by atoms with Gasteiger partial charge in [-0.1, -0.05) is 12.1 Å². The number of hydrogen-bond acceptors (Lipinski definition) is 2. The van der Waals surface area contributed by atoms with E-state index in [0.29, 0.717) is 0 Å². The molecule has 118 valence electrons. The molecule has 1 atom stereocenters. The summed E-state index contributed by atoms with van der Waals surface area (Å²) in [7, 11) is 1.33. The first kappa shape index (κ1) is 16.2. The third-order valence-corrected chi connectivity index (χ3v) is 3.33. The Morgan fingerprint density at radius 1 is 0.909 bits per heavy atom. The number of aliphatic hydroxyl groups is 1. The second-order valence-corrected chi connectivity index (χ2v) is 4.75. The lowest BCUT2D eigenvalue weighted by Gasteiger charge is -2.26. The fourth-order valence-electron chi connectivity index (χ4n) is 2.10. The summed E-state index contributed by atoms with van der Waals surface area (Å²) >= 11 is 0. The molecule has 2 nitrogen and oxygen atoms in total. The summed E-state index contributed by atoms with van der Waals surface area (Å²) in [5.74, 6) is -10.4. The topological polar surface area (TPSA) is 29.5 Å². The van der Waals surface area contributed by atoms with E-state index in [0.717, 1.165) is 6.92 Å². The minimum absolute atomic E-state index is 0.0879. The van der Waals surface area contributed by atoms with Gasteiger partial charge in [0.25, 0.3) is 0 Å². The largest absolute Gasteiger partial charge is 0.497 e. The Morgan fingerprint density at radius 3 is 1.91 bits per heavy atom. The quantitative estimate of drug-likeness (QED) is 0.532. The summed E-state index contributed by atoms with van der Waals surface area (Å²) in [4.78, 5) is 0. The van der Waals surface area contributed by atoms with Gasteiger partial charge >= 0.3 is 0 Å². The van der Waals surface area contributed by atoms with Gasteiger partial charge in [-0.25, -0.2) is 22.0 Å². The number of hydrogen-bond donors (Lipinski definition) is 1. The molecule has 1 unspecified atom stereocenters. The molecule has 0 fully saturated rings. The average molecular weight is 318 g/mol. The van der Waals surface area contributed by atoms with Gasteiger partial charge in [0.1, 0.15) is 11.4 Å². The molecule has 0 amide bonds. The maximum atomic E-state index is 13.9. The highest BCUT2D eigenvalue weighted by molar-refractivity contribution is 5.41. The summed E-state index contributed by atoms with van der Waals surface area (Å²) < 4.78 is 72.3. The number of rotatable bonds is 3. The van der Waals surface area contributed by atoms with Crippen molar-refractivity contribution in [1.82, 2.24) is 0 Å². The standard InChI is InChI=1S/C15H11F5O2/c1-15(21,7-4-3-5-8(6-7)22-2)9-10(16)12(18)14(20)13(19)11(9)17/h3-6,21H,1-2H3. The molecule has 2 aromatic carbocycles. The van der Waals surface area contributed by atoms with Crippen LogP contribution >= 0.6 is 0 Å². The second kappa shape index (κ2) is 5.57. The lowest BCUT2D eigenvalue weighted by atomic mass is 9.87. The van der Waals surface area contributed by atoms with E-state index in [1.165, 1.54) is 31.4 Å². The maximum Gasteiger partial charge on any atom is 0.200 e. The molecule has 7 heteroatoms. The average Bonchev–Trinajstić information content (AvgIpc) is 2.51. The molecule has 22 heavy (non-hydrogen) atoms. The van der Waals surface area contributed by atoms with Crippen molar-refractivity contribution in [2.24, 2.45) is 0 Å². The molecule has 2 aromatic rings. The van der Waals surface area contributed by atoms with Gasteiger partial charge in [0.15, 0.2) is 23.3 Å². The Balaban J connectivity index is 2.73. The zero-order chi connectivity index (χ0) is 16.7. The highest BCUT2D eigenvalue weighted by Crippen LogP contribution is 2.36. The van der Waals surface area contributed by atoms with Crippen molar-refractivity contribution in [3.63, 3.8) is 0 Å². The molecule has 0 radical (unpaired) electrons. The van der Waals surface area contributed by atoms with Crippen LogP contribution in [-0.4, -0.2) is 12.2 Å². The third kappa shape index (κ3) is 2.41. The van der Waals surface area contributed by atoms with Crippen LogP contribution < -0.4 is 4.74 Å². The van der Waals surface area contributed by atoms with Gasteiger partial charge in [-0.15, -0.1) is 0 Å². The molecule has 0 bridgehead atoms. The predicted molar refractivity (Wildman–Crippen MR) is 67.9 cm³/mol. The summed E-state index contributed by atoms with van der Waals surface area (Å²) in [5.41, 5.74) is -3.86. The maximum absolute atomic E-state index is 13.9. The normalized spacial score (nSPS) is 13.8. The fraction of sp³-hybridized carbons (Fsp3) is 0.200. The van der Waals surface area contributed by atoms with Crippen LogP contribution in [0.15, 0.2) is 24.3 Å². The van der Waals surface area contributed by atoms with Crippen molar-refractivity contribution in [3.05, 3.63) is 64.5 Å². The van der Waals surface area contributed by atoms with E-state index in [1.807, 2.05) is 0 Å². The van der Waals surface area contributed by atoms with Gasteiger partial charge in [-0.2, -0.15) is 0 Å².